The van der Waals surface area contributed by atoms with Crippen LogP contribution in [0.1, 0.15) is 22.0 Å². The molecule has 0 unspecified atom stereocenters. The van der Waals surface area contributed by atoms with Crippen LogP contribution in [0.15, 0.2) is 48.5 Å². The Balaban J connectivity index is 2.32. The van der Waals surface area contributed by atoms with Gasteiger partial charge in [0.05, 0.1) is 17.6 Å². The van der Waals surface area contributed by atoms with Crippen LogP contribution in [0.3, 0.4) is 0 Å². The Bertz CT molecular complexity index is 899. The van der Waals surface area contributed by atoms with Crippen LogP contribution in [0, 0.1) is 10.1 Å². The molecule has 2 aromatic carbocycles. The fraction of sp³-hybridized carbons (Fsp3) is 0.167. The molecule has 2 rings (SSSR count). The molecule has 0 spiro atoms. The van der Waals surface area contributed by atoms with Gasteiger partial charge in [-0.15, -0.1) is 0 Å². The van der Waals surface area contributed by atoms with Crippen LogP contribution in [0.2, 0.25) is 0 Å². The van der Waals surface area contributed by atoms with Gasteiger partial charge in [0.25, 0.3) is 5.91 Å². The molecule has 28 heavy (non-hydrogen) atoms. The van der Waals surface area contributed by atoms with Crippen molar-refractivity contribution < 1.29 is 28.8 Å². The average Bonchev–Trinajstić information content (AvgIpc) is 2.71. The summed E-state index contributed by atoms with van der Waals surface area (Å²) in [6.07, 6.45) is -1.44. The van der Waals surface area contributed by atoms with Gasteiger partial charge >= 0.3 is 17.7 Å². The molecule has 2 aromatic rings. The molecule has 3 amide bonds. The second kappa shape index (κ2) is 9.12. The van der Waals surface area contributed by atoms with Crippen molar-refractivity contribution >= 4 is 23.6 Å². The van der Waals surface area contributed by atoms with Crippen LogP contribution < -0.4 is 15.4 Å². The highest BCUT2D eigenvalue weighted by molar-refractivity contribution is 5.99. The second-order valence-corrected chi connectivity index (χ2v) is 5.41. The Kier molecular flexibility index (Phi) is 6.63. The van der Waals surface area contributed by atoms with E-state index in [1.165, 1.54) is 38.4 Å². The van der Waals surface area contributed by atoms with Gasteiger partial charge in [0.1, 0.15) is 0 Å². The second-order valence-electron chi connectivity index (χ2n) is 5.41. The summed E-state index contributed by atoms with van der Waals surface area (Å²) in [6.45, 7) is 0. The van der Waals surface area contributed by atoms with Crippen molar-refractivity contribution in [3.8, 4) is 5.75 Å². The van der Waals surface area contributed by atoms with Crippen LogP contribution in [0.5, 0.6) is 5.75 Å². The molecule has 0 saturated carbocycles. The smallest absolute Gasteiger partial charge is 0.339 e. The Morgan fingerprint density at radius 1 is 1.11 bits per heavy atom. The van der Waals surface area contributed by atoms with Crippen LogP contribution in [0.25, 0.3) is 0 Å². The number of hydrogen-bond acceptors (Lipinski definition) is 7. The predicted octanol–water partition coefficient (Wildman–Crippen LogP) is 1.96. The van der Waals surface area contributed by atoms with Crippen molar-refractivity contribution in [3.63, 3.8) is 0 Å². The molecule has 146 valence electrons. The fourth-order valence-electron chi connectivity index (χ4n) is 2.28. The van der Waals surface area contributed by atoms with E-state index < -0.39 is 34.6 Å². The summed E-state index contributed by atoms with van der Waals surface area (Å²) < 4.78 is 10.1. The van der Waals surface area contributed by atoms with Gasteiger partial charge in [-0.05, 0) is 12.1 Å². The molecule has 0 aromatic heterocycles. The van der Waals surface area contributed by atoms with Gasteiger partial charge in [0, 0.05) is 18.7 Å². The molecule has 1 atom stereocenters. The normalized spacial score (nSPS) is 11.1. The zero-order valence-corrected chi connectivity index (χ0v) is 15.0. The summed E-state index contributed by atoms with van der Waals surface area (Å²) in [6, 6.07) is 10.8. The number of carbonyl (C=O) groups is 3. The van der Waals surface area contributed by atoms with Crippen LogP contribution in [-0.2, 0) is 9.53 Å². The van der Waals surface area contributed by atoms with Crippen molar-refractivity contribution in [1.82, 2.24) is 10.6 Å². The van der Waals surface area contributed by atoms with Crippen LogP contribution in [0.4, 0.5) is 10.5 Å². The van der Waals surface area contributed by atoms with Crippen molar-refractivity contribution in [2.45, 2.75) is 6.10 Å². The summed E-state index contributed by atoms with van der Waals surface area (Å²) in [5.74, 6) is -1.88. The van der Waals surface area contributed by atoms with Crippen molar-refractivity contribution in [3.05, 3.63) is 69.8 Å². The molecule has 0 aliphatic heterocycles. The molecule has 10 nitrogen and oxygen atoms in total. The van der Waals surface area contributed by atoms with Gasteiger partial charge in [0.15, 0.2) is 5.75 Å². The number of carbonyl (C=O) groups excluding carboxylic acids is 3. The summed E-state index contributed by atoms with van der Waals surface area (Å²) in [4.78, 5) is 46.7. The first-order valence-corrected chi connectivity index (χ1v) is 7.98. The highest BCUT2D eigenvalue weighted by Gasteiger charge is 2.28. The fourth-order valence-corrected chi connectivity index (χ4v) is 2.28. The van der Waals surface area contributed by atoms with E-state index in [2.05, 4.69) is 5.32 Å². The molecule has 0 saturated heterocycles. The molecular formula is C18H17N3O7. The van der Waals surface area contributed by atoms with Gasteiger partial charge in [0.2, 0.25) is 6.10 Å². The Morgan fingerprint density at radius 2 is 1.79 bits per heavy atom. The summed E-state index contributed by atoms with van der Waals surface area (Å²) in [5.41, 5.74) is -0.260. The molecule has 0 bridgehead atoms. The van der Waals surface area contributed by atoms with E-state index in [4.69, 9.17) is 9.47 Å². The van der Waals surface area contributed by atoms with Crippen molar-refractivity contribution in [1.29, 1.82) is 0 Å². The third-order valence-electron chi connectivity index (χ3n) is 3.64. The molecule has 2 N–H and O–H groups in total. The van der Waals surface area contributed by atoms with Gasteiger partial charge in [-0.1, -0.05) is 30.3 Å². The zero-order valence-electron chi connectivity index (χ0n) is 15.0. The number of esters is 1. The maximum Gasteiger partial charge on any atom is 0.339 e. The van der Waals surface area contributed by atoms with Gasteiger partial charge in [-0.2, -0.15) is 0 Å². The zero-order chi connectivity index (χ0) is 20.7. The number of methoxy groups -OCH3 is 1. The molecule has 0 fully saturated rings. The van der Waals surface area contributed by atoms with Crippen molar-refractivity contribution in [2.24, 2.45) is 0 Å². The lowest BCUT2D eigenvalue weighted by Gasteiger charge is -2.17. The van der Waals surface area contributed by atoms with Gasteiger partial charge in [-0.3, -0.25) is 20.2 Å². The number of nitrogens with zero attached hydrogens (tertiary/aromatic N) is 1. The minimum absolute atomic E-state index is 0.0291. The van der Waals surface area contributed by atoms with E-state index in [9.17, 15) is 24.5 Å². The average molecular weight is 387 g/mol. The van der Waals surface area contributed by atoms with E-state index in [0.29, 0.717) is 5.56 Å². The monoisotopic (exact) mass is 387 g/mol. The summed E-state index contributed by atoms with van der Waals surface area (Å²) >= 11 is 0. The van der Waals surface area contributed by atoms with Crippen LogP contribution >= 0.6 is 0 Å². The number of urea groups is 1. The van der Waals surface area contributed by atoms with E-state index in [1.54, 1.807) is 18.2 Å². The quantitative estimate of drug-likeness (QED) is 0.439. The first-order valence-electron chi connectivity index (χ1n) is 7.98. The van der Waals surface area contributed by atoms with Crippen LogP contribution in [-0.4, -0.2) is 37.0 Å². The Hall–Kier alpha value is -3.95. The van der Waals surface area contributed by atoms with Gasteiger partial charge in [-0.25, -0.2) is 9.59 Å². The van der Waals surface area contributed by atoms with E-state index in [1.807, 2.05) is 5.32 Å². The Labute approximate surface area is 159 Å². The minimum atomic E-state index is -1.44. The number of nitrogens with one attached hydrogen (secondary N) is 2. The molecule has 0 heterocycles. The number of benzene rings is 2. The molecular weight excluding hydrogens is 370 g/mol. The maximum atomic E-state index is 12.5. The summed E-state index contributed by atoms with van der Waals surface area (Å²) in [7, 11) is 2.58. The number of rotatable bonds is 6. The molecule has 0 aliphatic carbocycles. The first-order chi connectivity index (χ1) is 13.4. The van der Waals surface area contributed by atoms with E-state index in [-0.39, 0.29) is 11.3 Å². The molecule has 0 aliphatic rings. The van der Waals surface area contributed by atoms with Gasteiger partial charge < -0.3 is 14.8 Å². The first kappa shape index (κ1) is 20.4. The third-order valence-corrected chi connectivity index (χ3v) is 3.64. The Morgan fingerprint density at radius 3 is 2.36 bits per heavy atom. The molecule has 0 radical (unpaired) electrons. The predicted molar refractivity (Wildman–Crippen MR) is 96.8 cm³/mol. The largest absolute Gasteiger partial charge is 0.490 e. The minimum Gasteiger partial charge on any atom is -0.490 e. The lowest BCUT2D eigenvalue weighted by molar-refractivity contribution is -0.385. The number of imide groups is 1. The lowest BCUT2D eigenvalue weighted by atomic mass is 10.1. The number of nitro benzene ring substituents is 1. The van der Waals surface area contributed by atoms with E-state index >= 15 is 0 Å². The SMILES string of the molecule is CNC(=O)NC(=O)[C@H](OC(=O)c1ccc(OC)c([N+](=O)[O-])c1)c1ccccc1. The van der Waals surface area contributed by atoms with E-state index in [0.717, 1.165) is 6.07 Å². The lowest BCUT2D eigenvalue weighted by Crippen LogP contribution is -2.41. The highest BCUT2D eigenvalue weighted by Crippen LogP contribution is 2.28. The highest BCUT2D eigenvalue weighted by atomic mass is 16.6. The number of ether oxygens (including phenoxy) is 2. The summed E-state index contributed by atoms with van der Waals surface area (Å²) in [5, 5.41) is 15.4. The standard InChI is InChI=1S/C18H17N3O7/c1-19-18(24)20-16(22)15(11-6-4-3-5-7-11)28-17(23)12-8-9-14(27-2)13(10-12)21(25)26/h3-10,15H,1-2H3,(H2,19,20,22,24)/t15-/m1/s1. The van der Waals surface area contributed by atoms with Crippen molar-refractivity contribution in [2.75, 3.05) is 14.2 Å². The topological polar surface area (TPSA) is 137 Å². The number of hydrogen-bond donors (Lipinski definition) is 2. The molecule has 10 heteroatoms. The number of nitro groups is 1. The third kappa shape index (κ3) is 4.81. The number of amides is 3. The maximum absolute atomic E-state index is 12.5.